The fourth-order valence-corrected chi connectivity index (χ4v) is 2.83. The number of piperidine rings is 1. The number of aromatic nitrogens is 3. The molecule has 1 aromatic heterocycles. The lowest BCUT2D eigenvalue weighted by molar-refractivity contribution is -0.133. The number of rotatable bonds is 4. The van der Waals surface area contributed by atoms with Crippen LogP contribution < -0.4 is 4.90 Å². The van der Waals surface area contributed by atoms with E-state index in [4.69, 9.17) is 5.11 Å². The van der Waals surface area contributed by atoms with Crippen LogP contribution in [0.4, 0.5) is 5.95 Å². The molecule has 1 aromatic rings. The maximum absolute atomic E-state index is 10.5. The van der Waals surface area contributed by atoms with Gasteiger partial charge in [0.1, 0.15) is 0 Å². The van der Waals surface area contributed by atoms with Crippen molar-refractivity contribution in [1.29, 1.82) is 0 Å². The Kier molecular flexibility index (Phi) is 4.11. The van der Waals surface area contributed by atoms with E-state index in [1.807, 2.05) is 11.6 Å². The zero-order valence-corrected chi connectivity index (χ0v) is 11.5. The van der Waals surface area contributed by atoms with Gasteiger partial charge in [-0.1, -0.05) is 18.7 Å². The molecule has 7 heteroatoms. The van der Waals surface area contributed by atoms with Crippen LogP contribution in [0.1, 0.15) is 19.8 Å². The van der Waals surface area contributed by atoms with E-state index in [2.05, 4.69) is 22.0 Å². The van der Waals surface area contributed by atoms with Crippen molar-refractivity contribution in [3.8, 4) is 0 Å². The molecule has 100 valence electrons. The van der Waals surface area contributed by atoms with Gasteiger partial charge >= 0.3 is 5.97 Å². The van der Waals surface area contributed by atoms with Crippen LogP contribution in [0.5, 0.6) is 0 Å². The highest BCUT2D eigenvalue weighted by atomic mass is 32.2. The predicted molar refractivity (Wildman–Crippen MR) is 70.0 cm³/mol. The molecule has 1 N–H and O–H groups in total. The summed E-state index contributed by atoms with van der Waals surface area (Å²) in [5.74, 6) is 0.693. The Balaban J connectivity index is 2.07. The van der Waals surface area contributed by atoms with Gasteiger partial charge in [0.25, 0.3) is 0 Å². The number of anilines is 1. The highest BCUT2D eigenvalue weighted by Gasteiger charge is 2.21. The summed E-state index contributed by atoms with van der Waals surface area (Å²) in [6.07, 6.45) is 2.43. The lowest BCUT2D eigenvalue weighted by atomic mass is 10.0. The van der Waals surface area contributed by atoms with Gasteiger partial charge in [0.15, 0.2) is 5.16 Å². The van der Waals surface area contributed by atoms with E-state index in [1.165, 1.54) is 24.6 Å². The Bertz CT molecular complexity index is 435. The van der Waals surface area contributed by atoms with E-state index in [0.29, 0.717) is 11.1 Å². The summed E-state index contributed by atoms with van der Waals surface area (Å²) in [6, 6.07) is 0. The van der Waals surface area contributed by atoms with Gasteiger partial charge in [-0.05, 0) is 18.8 Å². The Labute approximate surface area is 110 Å². The first-order valence-electron chi connectivity index (χ1n) is 6.07. The number of aliphatic carboxylic acids is 1. The molecular weight excluding hydrogens is 252 g/mol. The SMILES string of the molecule is CC1CCCN(c2nnc(SCC(=O)O)n2C)C1. The first kappa shape index (κ1) is 13.2. The van der Waals surface area contributed by atoms with Crippen LogP contribution in [0.3, 0.4) is 0 Å². The Morgan fingerprint density at radius 2 is 2.33 bits per heavy atom. The summed E-state index contributed by atoms with van der Waals surface area (Å²) in [7, 11) is 1.89. The fourth-order valence-electron chi connectivity index (χ4n) is 2.21. The maximum Gasteiger partial charge on any atom is 0.313 e. The van der Waals surface area contributed by atoms with Crippen LogP contribution in [0, 0.1) is 5.92 Å². The lowest BCUT2D eigenvalue weighted by Gasteiger charge is -2.31. The molecule has 6 nitrogen and oxygen atoms in total. The average Bonchev–Trinajstić information content (AvgIpc) is 2.68. The third-order valence-corrected chi connectivity index (χ3v) is 4.08. The maximum atomic E-state index is 10.5. The Morgan fingerprint density at radius 3 is 3.00 bits per heavy atom. The minimum absolute atomic E-state index is 0.0162. The second-order valence-electron chi connectivity index (χ2n) is 4.72. The molecule has 1 atom stereocenters. The van der Waals surface area contributed by atoms with Crippen molar-refractivity contribution >= 4 is 23.7 Å². The molecule has 18 heavy (non-hydrogen) atoms. The molecule has 0 radical (unpaired) electrons. The molecule has 1 aliphatic rings. The van der Waals surface area contributed by atoms with Crippen molar-refractivity contribution < 1.29 is 9.90 Å². The molecule has 1 unspecified atom stereocenters. The van der Waals surface area contributed by atoms with E-state index in [1.54, 1.807) is 0 Å². The van der Waals surface area contributed by atoms with Crippen molar-refractivity contribution in [2.45, 2.75) is 24.9 Å². The molecule has 0 aliphatic carbocycles. The quantitative estimate of drug-likeness (QED) is 0.830. The van der Waals surface area contributed by atoms with E-state index in [0.717, 1.165) is 19.0 Å². The molecule has 0 bridgehead atoms. The minimum Gasteiger partial charge on any atom is -0.481 e. The fraction of sp³-hybridized carbons (Fsp3) is 0.727. The summed E-state index contributed by atoms with van der Waals surface area (Å²) < 4.78 is 1.88. The molecule has 0 amide bonds. The summed E-state index contributed by atoms with van der Waals surface area (Å²) in [6.45, 7) is 4.23. The van der Waals surface area contributed by atoms with Gasteiger partial charge in [-0.3, -0.25) is 9.36 Å². The van der Waals surface area contributed by atoms with Crippen LogP contribution in [0.2, 0.25) is 0 Å². The van der Waals surface area contributed by atoms with Gasteiger partial charge in [0, 0.05) is 20.1 Å². The topological polar surface area (TPSA) is 71.2 Å². The number of nitrogens with zero attached hydrogens (tertiary/aromatic N) is 4. The van der Waals surface area contributed by atoms with Gasteiger partial charge < -0.3 is 10.0 Å². The molecule has 2 rings (SSSR count). The zero-order valence-electron chi connectivity index (χ0n) is 10.7. The molecule has 2 heterocycles. The first-order chi connectivity index (χ1) is 8.58. The second-order valence-corrected chi connectivity index (χ2v) is 5.66. The largest absolute Gasteiger partial charge is 0.481 e. The third-order valence-electron chi connectivity index (χ3n) is 3.08. The van der Waals surface area contributed by atoms with Gasteiger partial charge in [-0.15, -0.1) is 10.2 Å². The van der Waals surface area contributed by atoms with Crippen molar-refractivity contribution in [3.63, 3.8) is 0 Å². The molecule has 0 spiro atoms. The highest BCUT2D eigenvalue weighted by Crippen LogP contribution is 2.24. The van der Waals surface area contributed by atoms with Gasteiger partial charge in [0.05, 0.1) is 5.75 Å². The number of hydrogen-bond donors (Lipinski definition) is 1. The molecule has 1 fully saturated rings. The van der Waals surface area contributed by atoms with E-state index in [-0.39, 0.29) is 5.75 Å². The first-order valence-corrected chi connectivity index (χ1v) is 7.05. The molecule has 0 aromatic carbocycles. The average molecular weight is 270 g/mol. The van der Waals surface area contributed by atoms with Crippen molar-refractivity contribution in [1.82, 2.24) is 14.8 Å². The van der Waals surface area contributed by atoms with Crippen molar-refractivity contribution in [2.24, 2.45) is 13.0 Å². The highest BCUT2D eigenvalue weighted by molar-refractivity contribution is 7.99. The van der Waals surface area contributed by atoms with Crippen LogP contribution in [0.25, 0.3) is 0 Å². The molecular formula is C11H18N4O2S. The normalized spacial score (nSPS) is 20.1. The Morgan fingerprint density at radius 1 is 1.56 bits per heavy atom. The smallest absolute Gasteiger partial charge is 0.313 e. The van der Waals surface area contributed by atoms with Crippen LogP contribution in [-0.2, 0) is 11.8 Å². The number of carbonyl (C=O) groups is 1. The number of carboxylic acids is 1. The second kappa shape index (κ2) is 5.60. The van der Waals surface area contributed by atoms with Gasteiger partial charge in [-0.25, -0.2) is 0 Å². The minimum atomic E-state index is -0.837. The van der Waals surface area contributed by atoms with Gasteiger partial charge in [0.2, 0.25) is 5.95 Å². The zero-order chi connectivity index (χ0) is 13.1. The molecule has 1 saturated heterocycles. The lowest BCUT2D eigenvalue weighted by Crippen LogP contribution is -2.35. The third kappa shape index (κ3) is 2.95. The number of hydrogen-bond acceptors (Lipinski definition) is 5. The molecule has 0 saturated carbocycles. The van der Waals surface area contributed by atoms with Gasteiger partial charge in [-0.2, -0.15) is 0 Å². The number of carboxylic acid groups (broad SMARTS) is 1. The van der Waals surface area contributed by atoms with Crippen LogP contribution in [0.15, 0.2) is 5.16 Å². The monoisotopic (exact) mass is 270 g/mol. The predicted octanol–water partition coefficient (Wildman–Crippen LogP) is 1.23. The van der Waals surface area contributed by atoms with E-state index in [9.17, 15) is 4.79 Å². The van der Waals surface area contributed by atoms with Crippen molar-refractivity contribution in [3.05, 3.63) is 0 Å². The summed E-state index contributed by atoms with van der Waals surface area (Å²) >= 11 is 1.20. The molecule has 1 aliphatic heterocycles. The standard InChI is InChI=1S/C11H18N4O2S/c1-8-4-3-5-15(6-8)10-12-13-11(14(10)2)18-7-9(16)17/h8H,3-7H2,1-2H3,(H,16,17). The summed E-state index contributed by atoms with van der Waals surface area (Å²) in [4.78, 5) is 12.8. The van der Waals surface area contributed by atoms with Crippen molar-refractivity contribution in [2.75, 3.05) is 23.7 Å². The Hall–Kier alpha value is -1.24. The van der Waals surface area contributed by atoms with Crippen LogP contribution >= 0.6 is 11.8 Å². The number of thioether (sulfide) groups is 1. The summed E-state index contributed by atoms with van der Waals surface area (Å²) in [5, 5.41) is 17.6. The van der Waals surface area contributed by atoms with E-state index >= 15 is 0 Å². The van der Waals surface area contributed by atoms with E-state index < -0.39 is 5.97 Å². The van der Waals surface area contributed by atoms with Crippen LogP contribution in [-0.4, -0.2) is 44.7 Å². The summed E-state index contributed by atoms with van der Waals surface area (Å²) in [5.41, 5.74) is 0.